The molecule has 0 aliphatic heterocycles. The number of nitrogens with one attached hydrogen (secondary N) is 2. The van der Waals surface area contributed by atoms with E-state index in [4.69, 9.17) is 15.9 Å². The van der Waals surface area contributed by atoms with Crippen molar-refractivity contribution in [1.82, 2.24) is 0 Å². The minimum Gasteiger partial charge on any atom is -0.459 e. The SMILES string of the molecule is NC(N)=[NH+]S(=O)(=O)c1ccc(NC(=O)c2ccco2)cc1. The van der Waals surface area contributed by atoms with Crippen LogP contribution in [0.25, 0.3) is 0 Å². The molecule has 0 fully saturated rings. The Labute approximate surface area is 120 Å². The van der Waals surface area contributed by atoms with Crippen molar-refractivity contribution >= 4 is 27.6 Å². The van der Waals surface area contributed by atoms with Gasteiger partial charge in [0.25, 0.3) is 5.91 Å². The standard InChI is InChI=1S/C12H12N4O4S/c13-12(14)16-21(18,19)9-5-3-8(4-6-9)15-11(17)10-2-1-7-20-10/h1-7H,(H,15,17)(H4,13,14,16)/p+1. The summed E-state index contributed by atoms with van der Waals surface area (Å²) in [5.41, 5.74) is 10.6. The van der Waals surface area contributed by atoms with Crippen LogP contribution in [0.1, 0.15) is 10.6 Å². The second-order valence-electron chi connectivity index (χ2n) is 4.02. The first-order valence-electron chi connectivity index (χ1n) is 5.74. The maximum atomic E-state index is 11.8. The van der Waals surface area contributed by atoms with Crippen molar-refractivity contribution in [2.75, 3.05) is 5.32 Å². The Balaban J connectivity index is 2.16. The lowest BCUT2D eigenvalue weighted by Crippen LogP contribution is -2.80. The molecule has 1 heterocycles. The average Bonchev–Trinajstić information content (AvgIpc) is 2.91. The highest BCUT2D eigenvalue weighted by atomic mass is 32.2. The van der Waals surface area contributed by atoms with E-state index in [1.165, 1.54) is 36.6 Å². The molecule has 6 N–H and O–H groups in total. The monoisotopic (exact) mass is 309 g/mol. The highest BCUT2D eigenvalue weighted by Gasteiger charge is 2.15. The summed E-state index contributed by atoms with van der Waals surface area (Å²) < 4.78 is 30.4. The number of benzene rings is 1. The van der Waals surface area contributed by atoms with E-state index in [2.05, 4.69) is 5.32 Å². The van der Waals surface area contributed by atoms with Crippen LogP contribution < -0.4 is 21.2 Å². The Morgan fingerprint density at radius 3 is 2.33 bits per heavy atom. The van der Waals surface area contributed by atoms with Gasteiger partial charge in [-0.3, -0.25) is 16.3 Å². The molecule has 0 atom stereocenters. The molecule has 0 spiro atoms. The van der Waals surface area contributed by atoms with Crippen LogP contribution in [-0.2, 0) is 10.0 Å². The number of carbonyl (C=O) groups is 1. The number of guanidine groups is 1. The number of nitrogens with two attached hydrogens (primary N) is 2. The van der Waals surface area contributed by atoms with Crippen LogP contribution in [0, 0.1) is 0 Å². The molecule has 21 heavy (non-hydrogen) atoms. The minimum atomic E-state index is -3.82. The number of carbonyl (C=O) groups excluding carboxylic acids is 1. The predicted molar refractivity (Wildman–Crippen MR) is 74.6 cm³/mol. The molecule has 1 aromatic heterocycles. The van der Waals surface area contributed by atoms with Gasteiger partial charge in [0.05, 0.1) is 6.26 Å². The molecule has 0 aliphatic carbocycles. The van der Waals surface area contributed by atoms with Gasteiger partial charge in [0.2, 0.25) is 0 Å². The minimum absolute atomic E-state index is 0.0353. The third-order valence-electron chi connectivity index (χ3n) is 2.42. The van der Waals surface area contributed by atoms with Gasteiger partial charge < -0.3 is 9.73 Å². The van der Waals surface area contributed by atoms with Crippen molar-refractivity contribution in [2.45, 2.75) is 4.90 Å². The zero-order chi connectivity index (χ0) is 15.5. The van der Waals surface area contributed by atoms with E-state index in [1.807, 2.05) is 4.40 Å². The van der Waals surface area contributed by atoms with E-state index in [-0.39, 0.29) is 10.7 Å². The Bertz CT molecular complexity index is 760. The molecule has 9 heteroatoms. The number of anilines is 1. The third kappa shape index (κ3) is 3.60. The van der Waals surface area contributed by atoms with Gasteiger partial charge in [-0.25, -0.2) is 0 Å². The number of amides is 1. The van der Waals surface area contributed by atoms with E-state index in [0.29, 0.717) is 5.69 Å². The quantitative estimate of drug-likeness (QED) is 0.403. The molecule has 1 amide bonds. The van der Waals surface area contributed by atoms with E-state index < -0.39 is 21.9 Å². The first kappa shape index (κ1) is 14.6. The molecule has 0 aliphatic rings. The summed E-state index contributed by atoms with van der Waals surface area (Å²) in [6.07, 6.45) is 1.38. The van der Waals surface area contributed by atoms with Gasteiger partial charge in [0, 0.05) is 5.69 Å². The number of furan rings is 1. The lowest BCUT2D eigenvalue weighted by atomic mass is 10.3. The second-order valence-corrected chi connectivity index (χ2v) is 5.70. The number of sulfonamides is 1. The molecule has 2 rings (SSSR count). The Morgan fingerprint density at radius 2 is 1.81 bits per heavy atom. The maximum absolute atomic E-state index is 11.8. The molecule has 0 radical (unpaired) electrons. The van der Waals surface area contributed by atoms with Gasteiger partial charge in [-0.1, -0.05) is 0 Å². The Kier molecular flexibility index (Phi) is 3.94. The topological polar surface area (TPSA) is 142 Å². The lowest BCUT2D eigenvalue weighted by molar-refractivity contribution is -0.270. The molecule has 0 saturated heterocycles. The zero-order valence-corrected chi connectivity index (χ0v) is 11.6. The van der Waals surface area contributed by atoms with Crippen molar-refractivity contribution in [1.29, 1.82) is 0 Å². The van der Waals surface area contributed by atoms with Crippen molar-refractivity contribution < 1.29 is 22.0 Å². The number of hydrogen-bond acceptors (Lipinski definition) is 4. The Hall–Kier alpha value is -2.81. The molecule has 2 aromatic rings. The first-order valence-corrected chi connectivity index (χ1v) is 7.22. The molecule has 0 unspecified atom stereocenters. The highest BCUT2D eigenvalue weighted by molar-refractivity contribution is 7.84. The lowest BCUT2D eigenvalue weighted by Gasteiger charge is -2.04. The van der Waals surface area contributed by atoms with Crippen LogP contribution in [0.5, 0.6) is 0 Å². The molecule has 0 saturated carbocycles. The van der Waals surface area contributed by atoms with Crippen LogP contribution in [0.3, 0.4) is 0 Å². The summed E-state index contributed by atoms with van der Waals surface area (Å²) in [7, 11) is -3.82. The normalized spacial score (nSPS) is 10.9. The summed E-state index contributed by atoms with van der Waals surface area (Å²) >= 11 is 0. The van der Waals surface area contributed by atoms with Gasteiger partial charge in [0.1, 0.15) is 4.90 Å². The van der Waals surface area contributed by atoms with E-state index in [1.54, 1.807) is 6.07 Å². The fraction of sp³-hybridized carbons (Fsp3) is 0. The van der Waals surface area contributed by atoms with Crippen molar-refractivity contribution in [3.05, 3.63) is 48.4 Å². The van der Waals surface area contributed by atoms with Gasteiger partial charge in [0.15, 0.2) is 5.76 Å². The summed E-state index contributed by atoms with van der Waals surface area (Å²) in [5, 5.41) is 2.56. The van der Waals surface area contributed by atoms with Crippen molar-refractivity contribution in [3.8, 4) is 0 Å². The summed E-state index contributed by atoms with van der Waals surface area (Å²) in [6, 6.07) is 8.58. The van der Waals surface area contributed by atoms with Crippen LogP contribution >= 0.6 is 0 Å². The first-order chi connectivity index (χ1) is 9.88. The molecule has 1 aromatic carbocycles. The van der Waals surface area contributed by atoms with E-state index in [0.717, 1.165) is 0 Å². The summed E-state index contributed by atoms with van der Waals surface area (Å²) in [4.78, 5) is 11.7. The zero-order valence-electron chi connectivity index (χ0n) is 10.7. The molecular weight excluding hydrogens is 296 g/mol. The van der Waals surface area contributed by atoms with Crippen LogP contribution in [-0.4, -0.2) is 20.3 Å². The number of rotatable bonds is 4. The van der Waals surface area contributed by atoms with Crippen LogP contribution in [0.15, 0.2) is 52.0 Å². The predicted octanol–water partition coefficient (Wildman–Crippen LogP) is -1.43. The van der Waals surface area contributed by atoms with Gasteiger partial charge in [-0.15, -0.1) is 0 Å². The van der Waals surface area contributed by atoms with Crippen molar-refractivity contribution in [2.24, 2.45) is 11.5 Å². The highest BCUT2D eigenvalue weighted by Crippen LogP contribution is 2.13. The third-order valence-corrected chi connectivity index (χ3v) is 3.82. The molecule has 8 nitrogen and oxygen atoms in total. The molecule has 110 valence electrons. The van der Waals surface area contributed by atoms with Crippen LogP contribution in [0.4, 0.5) is 5.69 Å². The van der Waals surface area contributed by atoms with Gasteiger partial charge in [-0.2, -0.15) is 12.8 Å². The Morgan fingerprint density at radius 1 is 1.14 bits per heavy atom. The maximum Gasteiger partial charge on any atom is 0.353 e. The fourth-order valence-corrected chi connectivity index (χ4v) is 2.45. The largest absolute Gasteiger partial charge is 0.459 e. The van der Waals surface area contributed by atoms with E-state index in [9.17, 15) is 13.2 Å². The van der Waals surface area contributed by atoms with Crippen LogP contribution in [0.2, 0.25) is 0 Å². The number of hydrogen-bond donors (Lipinski definition) is 4. The van der Waals surface area contributed by atoms with Gasteiger partial charge in [-0.05, 0) is 36.4 Å². The fourth-order valence-electron chi connectivity index (χ4n) is 1.53. The smallest absolute Gasteiger partial charge is 0.353 e. The summed E-state index contributed by atoms with van der Waals surface area (Å²) in [6.45, 7) is 0. The summed E-state index contributed by atoms with van der Waals surface area (Å²) in [5.74, 6) is -0.711. The van der Waals surface area contributed by atoms with Crippen molar-refractivity contribution in [3.63, 3.8) is 0 Å². The van der Waals surface area contributed by atoms with E-state index >= 15 is 0 Å². The average molecular weight is 309 g/mol. The molecular formula is C12H13N4O4S+. The second kappa shape index (κ2) is 5.67. The van der Waals surface area contributed by atoms with Gasteiger partial charge >= 0.3 is 16.0 Å². The molecule has 0 bridgehead atoms.